The van der Waals surface area contributed by atoms with Gasteiger partial charge in [0.15, 0.2) is 0 Å². The summed E-state index contributed by atoms with van der Waals surface area (Å²) in [7, 11) is 1.65. The van der Waals surface area contributed by atoms with Gasteiger partial charge in [0.25, 0.3) is 0 Å². The summed E-state index contributed by atoms with van der Waals surface area (Å²) < 4.78 is 6.45. The van der Waals surface area contributed by atoms with Crippen LogP contribution in [0.2, 0.25) is 0 Å². The summed E-state index contributed by atoms with van der Waals surface area (Å²) in [6.45, 7) is 0.670. The van der Waals surface area contributed by atoms with Crippen LogP contribution in [0.15, 0.2) is 35.2 Å². The highest BCUT2D eigenvalue weighted by Crippen LogP contribution is 2.39. The van der Waals surface area contributed by atoms with E-state index in [0.29, 0.717) is 24.2 Å². The van der Waals surface area contributed by atoms with Crippen molar-refractivity contribution >= 4 is 45.0 Å². The molecular formula is C23H26N4O3S2. The number of anilines is 1. The summed E-state index contributed by atoms with van der Waals surface area (Å²) in [6, 6.07) is 10.3. The number of carbonyl (C=O) groups excluding carboxylic acids is 1. The molecule has 168 valence electrons. The second-order valence-electron chi connectivity index (χ2n) is 8.28. The van der Waals surface area contributed by atoms with Crippen molar-refractivity contribution in [3.05, 3.63) is 41.0 Å². The van der Waals surface area contributed by atoms with E-state index in [4.69, 9.17) is 4.74 Å². The van der Waals surface area contributed by atoms with Crippen LogP contribution in [0.25, 0.3) is 10.2 Å². The standard InChI is InChI=1S/C23H26N4O3S2/c1-30-16-3-2-4-17-20(16)27-23(32-17)21(29)13-5-7-14(8-6-13)24-11-15-9-10-18-22(25-15)26-19(28)12-31-18/h2-4,9-10,13-14,21,24,29H,5-8,11-12H2,1H3,(H,25,26,28)/t13-,14-,21?. The number of thioether (sulfide) groups is 1. The van der Waals surface area contributed by atoms with Crippen molar-refractivity contribution in [3.63, 3.8) is 0 Å². The van der Waals surface area contributed by atoms with Crippen molar-refractivity contribution in [2.75, 3.05) is 18.2 Å². The molecule has 1 atom stereocenters. The zero-order chi connectivity index (χ0) is 22.1. The second kappa shape index (κ2) is 9.35. The molecule has 3 N–H and O–H groups in total. The minimum absolute atomic E-state index is 0.00330. The number of methoxy groups -OCH3 is 1. The first-order chi connectivity index (χ1) is 15.6. The van der Waals surface area contributed by atoms with Crippen LogP contribution in [0.5, 0.6) is 5.75 Å². The molecule has 2 aromatic heterocycles. The van der Waals surface area contributed by atoms with E-state index < -0.39 is 6.10 Å². The van der Waals surface area contributed by atoms with Crippen molar-refractivity contribution in [1.82, 2.24) is 15.3 Å². The van der Waals surface area contributed by atoms with Gasteiger partial charge in [-0.2, -0.15) is 0 Å². The highest BCUT2D eigenvalue weighted by molar-refractivity contribution is 8.00. The number of nitrogens with zero attached hydrogens (tertiary/aromatic N) is 2. The number of nitrogens with one attached hydrogen (secondary N) is 2. The third-order valence-corrected chi connectivity index (χ3v) is 8.33. The molecule has 7 nitrogen and oxygen atoms in total. The lowest BCUT2D eigenvalue weighted by Crippen LogP contribution is -2.34. The fraction of sp³-hybridized carbons (Fsp3) is 0.435. The average Bonchev–Trinajstić information content (AvgIpc) is 3.27. The number of benzene rings is 1. The smallest absolute Gasteiger partial charge is 0.235 e. The van der Waals surface area contributed by atoms with E-state index in [9.17, 15) is 9.90 Å². The topological polar surface area (TPSA) is 96.4 Å². The molecule has 3 heterocycles. The zero-order valence-corrected chi connectivity index (χ0v) is 19.5. The quantitative estimate of drug-likeness (QED) is 0.498. The van der Waals surface area contributed by atoms with Gasteiger partial charge >= 0.3 is 0 Å². The molecule has 1 aliphatic carbocycles. The number of pyridine rings is 1. The highest BCUT2D eigenvalue weighted by Gasteiger charge is 2.29. The SMILES string of the molecule is COc1cccc2sc(C(O)[C@H]3CC[C@H](NCc4ccc5c(n4)NC(=O)CS5)CC3)nc12. The van der Waals surface area contributed by atoms with Gasteiger partial charge in [0.1, 0.15) is 28.2 Å². The van der Waals surface area contributed by atoms with Crippen LogP contribution < -0.4 is 15.4 Å². The Morgan fingerprint density at radius 3 is 2.88 bits per heavy atom. The second-order valence-corrected chi connectivity index (χ2v) is 10.4. The van der Waals surface area contributed by atoms with Crippen LogP contribution in [-0.2, 0) is 11.3 Å². The first-order valence-electron chi connectivity index (χ1n) is 10.9. The molecule has 1 saturated carbocycles. The molecule has 5 rings (SSSR count). The monoisotopic (exact) mass is 470 g/mol. The van der Waals surface area contributed by atoms with E-state index in [-0.39, 0.29) is 11.8 Å². The molecule has 9 heteroatoms. The van der Waals surface area contributed by atoms with Gasteiger partial charge in [0.05, 0.1) is 28.2 Å². The number of hydrogen-bond acceptors (Lipinski definition) is 8. The Hall–Kier alpha value is -2.20. The van der Waals surface area contributed by atoms with Crippen LogP contribution in [0.1, 0.15) is 42.5 Å². The van der Waals surface area contributed by atoms with E-state index >= 15 is 0 Å². The highest BCUT2D eigenvalue weighted by atomic mass is 32.2. The van der Waals surface area contributed by atoms with E-state index in [1.54, 1.807) is 18.4 Å². The Morgan fingerprint density at radius 2 is 2.06 bits per heavy atom. The number of aliphatic hydroxyl groups excluding tert-OH is 1. The Balaban J connectivity index is 1.16. The third kappa shape index (κ3) is 4.47. The molecule has 1 aromatic carbocycles. The molecule has 1 fully saturated rings. The van der Waals surface area contributed by atoms with Crippen LogP contribution in [0, 0.1) is 5.92 Å². The molecule has 1 aliphatic heterocycles. The van der Waals surface area contributed by atoms with Gasteiger partial charge < -0.3 is 20.5 Å². The summed E-state index contributed by atoms with van der Waals surface area (Å²) >= 11 is 3.08. The zero-order valence-electron chi connectivity index (χ0n) is 17.8. The Bertz CT molecular complexity index is 1130. The van der Waals surface area contributed by atoms with Crippen molar-refractivity contribution in [1.29, 1.82) is 0 Å². The number of fused-ring (bicyclic) bond motifs is 2. The van der Waals surface area contributed by atoms with Gasteiger partial charge in [0.2, 0.25) is 5.91 Å². The molecule has 0 spiro atoms. The molecule has 3 aromatic rings. The maximum atomic E-state index is 11.6. The molecule has 0 saturated heterocycles. The van der Waals surface area contributed by atoms with Gasteiger partial charge in [-0.25, -0.2) is 9.97 Å². The Kier molecular flexibility index (Phi) is 6.32. The molecular weight excluding hydrogens is 444 g/mol. The fourth-order valence-electron chi connectivity index (χ4n) is 4.42. The number of aromatic nitrogens is 2. The minimum Gasteiger partial charge on any atom is -0.494 e. The van der Waals surface area contributed by atoms with E-state index in [0.717, 1.165) is 57.2 Å². The average molecular weight is 471 g/mol. The van der Waals surface area contributed by atoms with Crippen LogP contribution in [0.4, 0.5) is 5.82 Å². The molecule has 1 unspecified atom stereocenters. The van der Waals surface area contributed by atoms with Crippen LogP contribution >= 0.6 is 23.1 Å². The van der Waals surface area contributed by atoms with E-state index in [1.165, 1.54) is 11.8 Å². The largest absolute Gasteiger partial charge is 0.494 e. The van der Waals surface area contributed by atoms with Crippen LogP contribution in [-0.4, -0.2) is 39.9 Å². The molecule has 1 amide bonds. The van der Waals surface area contributed by atoms with Gasteiger partial charge in [0, 0.05) is 12.6 Å². The number of thiazole rings is 1. The van der Waals surface area contributed by atoms with E-state index in [2.05, 4.69) is 20.6 Å². The summed E-state index contributed by atoms with van der Waals surface area (Å²) in [4.78, 5) is 21.9. The van der Waals surface area contributed by atoms with Crippen LogP contribution in [0.3, 0.4) is 0 Å². The maximum Gasteiger partial charge on any atom is 0.235 e. The lowest BCUT2D eigenvalue weighted by molar-refractivity contribution is -0.113. The number of amides is 1. The summed E-state index contributed by atoms with van der Waals surface area (Å²) in [5.41, 5.74) is 1.76. The first kappa shape index (κ1) is 21.6. The predicted molar refractivity (Wildman–Crippen MR) is 127 cm³/mol. The van der Waals surface area contributed by atoms with Gasteiger partial charge in [-0.05, 0) is 55.9 Å². The lowest BCUT2D eigenvalue weighted by Gasteiger charge is -2.31. The summed E-state index contributed by atoms with van der Waals surface area (Å²) in [5, 5.41) is 18.2. The van der Waals surface area contributed by atoms with Gasteiger partial charge in [-0.15, -0.1) is 23.1 Å². The Labute approximate surface area is 195 Å². The fourth-order valence-corrected chi connectivity index (χ4v) is 6.25. The molecule has 0 bridgehead atoms. The number of hydrogen-bond donors (Lipinski definition) is 3. The number of aliphatic hydroxyl groups is 1. The van der Waals surface area contributed by atoms with Gasteiger partial charge in [-0.1, -0.05) is 6.07 Å². The van der Waals surface area contributed by atoms with Crippen molar-refractivity contribution < 1.29 is 14.6 Å². The molecule has 2 aliphatic rings. The predicted octanol–water partition coefficient (Wildman–Crippen LogP) is 4.13. The molecule has 0 radical (unpaired) electrons. The minimum atomic E-state index is -0.540. The number of para-hydroxylation sites is 1. The normalized spacial score (nSPS) is 21.8. The Morgan fingerprint density at radius 1 is 1.22 bits per heavy atom. The lowest BCUT2D eigenvalue weighted by atomic mass is 9.83. The van der Waals surface area contributed by atoms with Crippen molar-refractivity contribution in [3.8, 4) is 5.75 Å². The van der Waals surface area contributed by atoms with Gasteiger partial charge in [-0.3, -0.25) is 4.79 Å². The van der Waals surface area contributed by atoms with E-state index in [1.807, 2.05) is 30.3 Å². The molecule has 32 heavy (non-hydrogen) atoms. The summed E-state index contributed by atoms with van der Waals surface area (Å²) in [6.07, 6.45) is 3.38. The third-order valence-electron chi connectivity index (χ3n) is 6.19. The maximum absolute atomic E-state index is 11.6. The van der Waals surface area contributed by atoms with Crippen molar-refractivity contribution in [2.45, 2.75) is 49.3 Å². The number of carbonyl (C=O) groups is 1. The van der Waals surface area contributed by atoms with Crippen molar-refractivity contribution in [2.24, 2.45) is 5.92 Å². The number of rotatable bonds is 6. The summed E-state index contributed by atoms with van der Waals surface area (Å²) in [5.74, 6) is 2.09. The number of ether oxygens (including phenoxy) is 1. The first-order valence-corrected chi connectivity index (χ1v) is 12.7.